The number of hydrogen-bond donors (Lipinski definition) is 1. The van der Waals surface area contributed by atoms with E-state index in [-0.39, 0.29) is 0 Å². The van der Waals surface area contributed by atoms with Gasteiger partial charge in [0.2, 0.25) is 0 Å². The van der Waals surface area contributed by atoms with Crippen molar-refractivity contribution in [3.05, 3.63) is 0 Å². The molecule has 2 rings (SSSR count). The van der Waals surface area contributed by atoms with Crippen molar-refractivity contribution in [2.45, 2.75) is 32.2 Å². The summed E-state index contributed by atoms with van der Waals surface area (Å²) in [5, 5.41) is 3.39. The third-order valence-corrected chi connectivity index (χ3v) is 3.72. The van der Waals surface area contributed by atoms with Gasteiger partial charge in [0.25, 0.3) is 0 Å². The van der Waals surface area contributed by atoms with Gasteiger partial charge in [0, 0.05) is 12.6 Å². The van der Waals surface area contributed by atoms with E-state index in [2.05, 4.69) is 19.3 Å². The van der Waals surface area contributed by atoms with Gasteiger partial charge < -0.3 is 10.1 Å². The van der Waals surface area contributed by atoms with E-state index in [1.807, 2.05) is 0 Å². The van der Waals surface area contributed by atoms with Crippen molar-refractivity contribution >= 4 is 0 Å². The van der Waals surface area contributed by atoms with Crippen molar-refractivity contribution in [1.82, 2.24) is 5.32 Å². The normalized spacial score (nSPS) is 38.8. The molecule has 2 aliphatic rings. The van der Waals surface area contributed by atoms with Gasteiger partial charge in [-0.15, -0.1) is 0 Å². The van der Waals surface area contributed by atoms with Gasteiger partial charge >= 0.3 is 0 Å². The lowest BCUT2D eigenvalue weighted by molar-refractivity contribution is 0.104. The molecule has 0 aromatic carbocycles. The van der Waals surface area contributed by atoms with Crippen LogP contribution in [0.2, 0.25) is 0 Å². The summed E-state index contributed by atoms with van der Waals surface area (Å²) >= 11 is 0. The highest BCUT2D eigenvalue weighted by atomic mass is 16.5. The van der Waals surface area contributed by atoms with E-state index < -0.39 is 0 Å². The number of nitrogens with one attached hydrogen (secondary N) is 1. The predicted octanol–water partition coefficient (Wildman–Crippen LogP) is 1.66. The van der Waals surface area contributed by atoms with Crippen molar-refractivity contribution < 1.29 is 4.74 Å². The molecule has 1 N–H and O–H groups in total. The number of fused-ring (bicyclic) bond motifs is 1. The van der Waals surface area contributed by atoms with Gasteiger partial charge in [0.15, 0.2) is 0 Å². The van der Waals surface area contributed by atoms with E-state index in [1.165, 1.54) is 19.3 Å². The highest BCUT2D eigenvalue weighted by molar-refractivity contribution is 4.98. The standard InChI is InChI=1S/C11H21NO/c1-3-13-7-11(12-2)10-5-8-4-9(8)6-10/h8-12H,3-7H2,1-2H3. The van der Waals surface area contributed by atoms with Crippen LogP contribution in [0, 0.1) is 17.8 Å². The Morgan fingerprint density at radius 2 is 2.00 bits per heavy atom. The van der Waals surface area contributed by atoms with Gasteiger partial charge in [0.05, 0.1) is 6.61 Å². The molecule has 0 heterocycles. The molecule has 3 unspecified atom stereocenters. The Kier molecular flexibility index (Phi) is 2.89. The van der Waals surface area contributed by atoms with Gasteiger partial charge in [0.1, 0.15) is 0 Å². The average molecular weight is 183 g/mol. The van der Waals surface area contributed by atoms with Crippen LogP contribution in [0.5, 0.6) is 0 Å². The van der Waals surface area contributed by atoms with Crippen LogP contribution in [0.1, 0.15) is 26.2 Å². The number of likely N-dealkylation sites (N-methyl/N-ethyl adjacent to an activating group) is 1. The molecule has 0 aromatic rings. The fourth-order valence-electron chi connectivity index (χ4n) is 2.79. The van der Waals surface area contributed by atoms with Crippen molar-refractivity contribution in [2.75, 3.05) is 20.3 Å². The summed E-state index contributed by atoms with van der Waals surface area (Å²) in [4.78, 5) is 0. The molecule has 2 saturated carbocycles. The molecule has 76 valence electrons. The summed E-state index contributed by atoms with van der Waals surface area (Å²) < 4.78 is 5.49. The van der Waals surface area contributed by atoms with Crippen LogP contribution in [-0.4, -0.2) is 26.3 Å². The van der Waals surface area contributed by atoms with Crippen LogP contribution in [0.4, 0.5) is 0 Å². The Bertz CT molecular complexity index is 161. The number of ether oxygens (including phenoxy) is 1. The van der Waals surface area contributed by atoms with Crippen LogP contribution in [0.25, 0.3) is 0 Å². The third-order valence-electron chi connectivity index (χ3n) is 3.72. The molecule has 2 aliphatic carbocycles. The van der Waals surface area contributed by atoms with Gasteiger partial charge in [-0.05, 0) is 51.0 Å². The van der Waals surface area contributed by atoms with E-state index in [9.17, 15) is 0 Å². The van der Waals surface area contributed by atoms with Crippen LogP contribution >= 0.6 is 0 Å². The fraction of sp³-hybridized carbons (Fsp3) is 1.00. The molecular weight excluding hydrogens is 162 g/mol. The van der Waals surface area contributed by atoms with E-state index in [1.54, 1.807) is 0 Å². The molecule has 0 amide bonds. The van der Waals surface area contributed by atoms with Gasteiger partial charge in [-0.1, -0.05) is 0 Å². The first-order valence-corrected chi connectivity index (χ1v) is 5.60. The maximum Gasteiger partial charge on any atom is 0.0622 e. The molecule has 3 atom stereocenters. The molecule has 0 bridgehead atoms. The zero-order chi connectivity index (χ0) is 9.26. The summed E-state index contributed by atoms with van der Waals surface area (Å²) in [6.45, 7) is 3.81. The first-order chi connectivity index (χ1) is 6.35. The second-order valence-electron chi connectivity index (χ2n) is 4.54. The Hall–Kier alpha value is -0.0800. The molecule has 2 heteroatoms. The van der Waals surface area contributed by atoms with Gasteiger partial charge in [-0.2, -0.15) is 0 Å². The molecule has 13 heavy (non-hydrogen) atoms. The van der Waals surface area contributed by atoms with Crippen molar-refractivity contribution in [3.63, 3.8) is 0 Å². The van der Waals surface area contributed by atoms with Crippen LogP contribution < -0.4 is 5.32 Å². The Balaban J connectivity index is 1.75. The topological polar surface area (TPSA) is 21.3 Å². The molecule has 0 spiro atoms. The van der Waals surface area contributed by atoms with Crippen LogP contribution in [0.3, 0.4) is 0 Å². The highest BCUT2D eigenvalue weighted by Gasteiger charge is 2.47. The molecule has 2 nitrogen and oxygen atoms in total. The second kappa shape index (κ2) is 3.97. The maximum atomic E-state index is 5.49. The number of hydrogen-bond acceptors (Lipinski definition) is 2. The SMILES string of the molecule is CCOCC(NC)C1CC2CC2C1. The van der Waals surface area contributed by atoms with E-state index in [4.69, 9.17) is 4.74 Å². The van der Waals surface area contributed by atoms with Crippen molar-refractivity contribution in [2.24, 2.45) is 17.8 Å². The fourth-order valence-corrected chi connectivity index (χ4v) is 2.79. The first kappa shape index (κ1) is 9.47. The summed E-state index contributed by atoms with van der Waals surface area (Å²) in [6.07, 6.45) is 4.41. The van der Waals surface area contributed by atoms with Gasteiger partial charge in [-0.3, -0.25) is 0 Å². The monoisotopic (exact) mass is 183 g/mol. The average Bonchev–Trinajstić information content (AvgIpc) is 2.75. The zero-order valence-corrected chi connectivity index (χ0v) is 8.75. The highest BCUT2D eigenvalue weighted by Crippen LogP contribution is 2.55. The van der Waals surface area contributed by atoms with Gasteiger partial charge in [-0.25, -0.2) is 0 Å². The first-order valence-electron chi connectivity index (χ1n) is 5.60. The summed E-state index contributed by atoms with van der Waals surface area (Å²) in [5.41, 5.74) is 0. The largest absolute Gasteiger partial charge is 0.380 e. The summed E-state index contributed by atoms with van der Waals surface area (Å²) in [7, 11) is 2.06. The lowest BCUT2D eigenvalue weighted by atomic mass is 9.95. The zero-order valence-electron chi connectivity index (χ0n) is 8.75. The molecular formula is C11H21NO. The van der Waals surface area contributed by atoms with Crippen molar-refractivity contribution in [3.8, 4) is 0 Å². The molecule has 0 aliphatic heterocycles. The predicted molar refractivity (Wildman–Crippen MR) is 53.7 cm³/mol. The molecule has 0 radical (unpaired) electrons. The lowest BCUT2D eigenvalue weighted by Crippen LogP contribution is -2.37. The molecule has 2 fully saturated rings. The van der Waals surface area contributed by atoms with Crippen molar-refractivity contribution in [1.29, 1.82) is 0 Å². The van der Waals surface area contributed by atoms with E-state index in [0.29, 0.717) is 6.04 Å². The smallest absolute Gasteiger partial charge is 0.0622 e. The van der Waals surface area contributed by atoms with E-state index in [0.717, 1.165) is 31.0 Å². The second-order valence-corrected chi connectivity index (χ2v) is 4.54. The van der Waals surface area contributed by atoms with Crippen LogP contribution in [0.15, 0.2) is 0 Å². The Morgan fingerprint density at radius 1 is 1.31 bits per heavy atom. The maximum absolute atomic E-state index is 5.49. The summed E-state index contributed by atoms with van der Waals surface area (Å²) in [6, 6.07) is 0.604. The summed E-state index contributed by atoms with van der Waals surface area (Å²) in [5.74, 6) is 3.06. The minimum absolute atomic E-state index is 0.604. The number of rotatable bonds is 5. The minimum Gasteiger partial charge on any atom is -0.380 e. The van der Waals surface area contributed by atoms with Crippen LogP contribution in [-0.2, 0) is 4.74 Å². The lowest BCUT2D eigenvalue weighted by Gasteiger charge is -2.23. The third kappa shape index (κ3) is 2.05. The Morgan fingerprint density at radius 3 is 2.54 bits per heavy atom. The Labute approximate surface area is 81.0 Å². The molecule has 0 saturated heterocycles. The molecule has 0 aromatic heterocycles. The quantitative estimate of drug-likeness (QED) is 0.700. The minimum atomic E-state index is 0.604. The van der Waals surface area contributed by atoms with E-state index >= 15 is 0 Å².